The summed E-state index contributed by atoms with van der Waals surface area (Å²) in [7, 11) is 0. The topological polar surface area (TPSA) is 68.2 Å². The van der Waals surface area contributed by atoms with Crippen molar-refractivity contribution < 1.29 is 0 Å². The lowest BCUT2D eigenvalue weighted by Gasteiger charge is -2.06. The average molecular weight is 427 g/mol. The number of benzene rings is 1. The van der Waals surface area contributed by atoms with Crippen molar-refractivity contribution in [2.75, 3.05) is 6.54 Å². The van der Waals surface area contributed by atoms with Gasteiger partial charge in [0, 0.05) is 17.8 Å². The Bertz CT molecular complexity index is 634. The van der Waals surface area contributed by atoms with Crippen molar-refractivity contribution in [2.24, 2.45) is 10.7 Å². The van der Waals surface area contributed by atoms with E-state index >= 15 is 0 Å². The third-order valence-corrected chi connectivity index (χ3v) is 3.67. The molecule has 6 heteroatoms. The summed E-state index contributed by atoms with van der Waals surface area (Å²) in [6.07, 6.45) is 1.03. The lowest BCUT2D eigenvalue weighted by molar-refractivity contribution is 0.658. The van der Waals surface area contributed by atoms with Gasteiger partial charge in [-0.25, -0.2) is 4.99 Å². The predicted octanol–water partition coefficient (Wildman–Crippen LogP) is 2.98. The minimum atomic E-state index is 0. The summed E-state index contributed by atoms with van der Waals surface area (Å²) in [4.78, 5) is 4.40. The Hall–Kier alpha value is -1.57. The van der Waals surface area contributed by atoms with Crippen LogP contribution in [0, 0.1) is 13.8 Å². The molecule has 23 heavy (non-hydrogen) atoms. The first-order chi connectivity index (χ1) is 10.6. The molecule has 0 saturated carbocycles. The van der Waals surface area contributed by atoms with Crippen molar-refractivity contribution in [3.8, 4) is 0 Å². The molecule has 1 aromatic carbocycles. The standard InChI is InChI=1S/C17H25N5.HI/c1-4-10-19-17(18)20-11-16-13(2)21-22(14(16)3)12-15-8-6-5-7-9-15;/h5-9H,4,10-12H2,1-3H3,(H3,18,19,20);1H. The van der Waals surface area contributed by atoms with E-state index < -0.39 is 0 Å². The number of halogens is 1. The van der Waals surface area contributed by atoms with Gasteiger partial charge < -0.3 is 11.1 Å². The van der Waals surface area contributed by atoms with Gasteiger partial charge >= 0.3 is 0 Å². The summed E-state index contributed by atoms with van der Waals surface area (Å²) in [5, 5.41) is 7.72. The van der Waals surface area contributed by atoms with Crippen LogP contribution in [0.15, 0.2) is 35.3 Å². The maximum Gasteiger partial charge on any atom is 0.188 e. The van der Waals surface area contributed by atoms with Crippen LogP contribution in [0.2, 0.25) is 0 Å². The molecule has 0 saturated heterocycles. The van der Waals surface area contributed by atoms with Gasteiger partial charge in [0.05, 0.1) is 18.8 Å². The summed E-state index contributed by atoms with van der Waals surface area (Å²) in [5.41, 5.74) is 10.4. The Morgan fingerprint density at radius 1 is 1.26 bits per heavy atom. The highest BCUT2D eigenvalue weighted by Crippen LogP contribution is 2.15. The summed E-state index contributed by atoms with van der Waals surface area (Å²) in [5.74, 6) is 0.497. The summed E-state index contributed by atoms with van der Waals surface area (Å²) in [6.45, 7) is 8.40. The number of aliphatic imine (C=N–C) groups is 1. The fourth-order valence-corrected chi connectivity index (χ4v) is 2.35. The van der Waals surface area contributed by atoms with E-state index in [9.17, 15) is 0 Å². The third-order valence-electron chi connectivity index (χ3n) is 3.67. The van der Waals surface area contributed by atoms with Crippen molar-refractivity contribution in [1.29, 1.82) is 0 Å². The summed E-state index contributed by atoms with van der Waals surface area (Å²) >= 11 is 0. The van der Waals surface area contributed by atoms with Crippen LogP contribution in [0.3, 0.4) is 0 Å². The highest BCUT2D eigenvalue weighted by atomic mass is 127. The van der Waals surface area contributed by atoms with Gasteiger partial charge in [0.25, 0.3) is 0 Å². The van der Waals surface area contributed by atoms with E-state index in [1.807, 2.05) is 29.8 Å². The molecule has 0 amide bonds. The van der Waals surface area contributed by atoms with Crippen LogP contribution in [0.5, 0.6) is 0 Å². The molecular weight excluding hydrogens is 401 g/mol. The molecule has 2 rings (SSSR count). The number of hydrogen-bond acceptors (Lipinski definition) is 2. The molecule has 0 aliphatic rings. The quantitative estimate of drug-likeness (QED) is 0.423. The van der Waals surface area contributed by atoms with Crippen molar-refractivity contribution in [2.45, 2.75) is 40.3 Å². The van der Waals surface area contributed by atoms with Gasteiger partial charge in [-0.3, -0.25) is 4.68 Å². The second kappa shape index (κ2) is 9.54. The van der Waals surface area contributed by atoms with Crippen LogP contribution in [-0.4, -0.2) is 22.3 Å². The molecule has 0 bridgehead atoms. The Morgan fingerprint density at radius 3 is 2.61 bits per heavy atom. The maximum absolute atomic E-state index is 5.85. The lowest BCUT2D eigenvalue weighted by Crippen LogP contribution is -2.32. The zero-order valence-corrected chi connectivity index (χ0v) is 16.4. The van der Waals surface area contributed by atoms with E-state index in [1.54, 1.807) is 0 Å². The van der Waals surface area contributed by atoms with Gasteiger partial charge in [0.2, 0.25) is 0 Å². The molecule has 5 nitrogen and oxygen atoms in total. The number of nitrogens with two attached hydrogens (primary N) is 1. The molecule has 0 aliphatic heterocycles. The minimum Gasteiger partial charge on any atom is -0.370 e. The number of rotatable bonds is 6. The lowest BCUT2D eigenvalue weighted by atomic mass is 10.2. The van der Waals surface area contributed by atoms with Crippen LogP contribution in [0.1, 0.15) is 35.9 Å². The first-order valence-electron chi connectivity index (χ1n) is 7.72. The molecule has 126 valence electrons. The largest absolute Gasteiger partial charge is 0.370 e. The molecule has 2 aromatic rings. The zero-order chi connectivity index (χ0) is 15.9. The molecule has 0 fully saturated rings. The minimum absolute atomic E-state index is 0. The Kier molecular flexibility index (Phi) is 8.08. The molecule has 0 spiro atoms. The molecule has 1 heterocycles. The van der Waals surface area contributed by atoms with Gasteiger partial charge in [-0.2, -0.15) is 5.10 Å². The van der Waals surface area contributed by atoms with Crippen LogP contribution in [0.25, 0.3) is 0 Å². The third kappa shape index (κ3) is 5.53. The number of nitrogens with one attached hydrogen (secondary N) is 1. The molecule has 0 radical (unpaired) electrons. The molecule has 3 N–H and O–H groups in total. The maximum atomic E-state index is 5.85. The number of nitrogens with zero attached hydrogens (tertiary/aromatic N) is 3. The molecule has 0 aliphatic carbocycles. The predicted molar refractivity (Wildman–Crippen MR) is 106 cm³/mol. The fourth-order valence-electron chi connectivity index (χ4n) is 2.35. The highest BCUT2D eigenvalue weighted by Gasteiger charge is 2.11. The SMILES string of the molecule is CCCNC(N)=NCc1c(C)nn(Cc2ccccc2)c1C.I. The van der Waals surface area contributed by atoms with Gasteiger partial charge in [-0.15, -0.1) is 24.0 Å². The average Bonchev–Trinajstić information content (AvgIpc) is 2.78. The van der Waals surface area contributed by atoms with Crippen molar-refractivity contribution >= 4 is 29.9 Å². The summed E-state index contributed by atoms with van der Waals surface area (Å²) in [6, 6.07) is 10.3. The van der Waals surface area contributed by atoms with Gasteiger partial charge in [-0.05, 0) is 25.8 Å². The van der Waals surface area contributed by atoms with Crippen LogP contribution in [0.4, 0.5) is 0 Å². The van der Waals surface area contributed by atoms with E-state index in [2.05, 4.69) is 41.4 Å². The first kappa shape index (κ1) is 19.5. The van der Waals surface area contributed by atoms with Crippen molar-refractivity contribution in [3.05, 3.63) is 52.8 Å². The number of guanidine groups is 1. The smallest absolute Gasteiger partial charge is 0.188 e. The summed E-state index contributed by atoms with van der Waals surface area (Å²) < 4.78 is 2.03. The van der Waals surface area contributed by atoms with Gasteiger partial charge in [0.15, 0.2) is 5.96 Å². The van der Waals surface area contributed by atoms with E-state index in [4.69, 9.17) is 5.73 Å². The van der Waals surface area contributed by atoms with Crippen molar-refractivity contribution in [3.63, 3.8) is 0 Å². The van der Waals surface area contributed by atoms with Crippen molar-refractivity contribution in [1.82, 2.24) is 15.1 Å². The number of aryl methyl sites for hydroxylation is 1. The monoisotopic (exact) mass is 427 g/mol. The Balaban J connectivity index is 0.00000264. The van der Waals surface area contributed by atoms with E-state index in [-0.39, 0.29) is 24.0 Å². The zero-order valence-electron chi connectivity index (χ0n) is 14.0. The first-order valence-corrected chi connectivity index (χ1v) is 7.72. The fraction of sp³-hybridized carbons (Fsp3) is 0.412. The van der Waals surface area contributed by atoms with Crippen LogP contribution >= 0.6 is 24.0 Å². The molecule has 0 unspecified atom stereocenters. The normalized spacial score (nSPS) is 11.2. The van der Waals surface area contributed by atoms with E-state index in [0.717, 1.165) is 36.5 Å². The van der Waals surface area contributed by atoms with E-state index in [1.165, 1.54) is 5.56 Å². The number of aromatic nitrogens is 2. The highest BCUT2D eigenvalue weighted by molar-refractivity contribution is 14.0. The molecular formula is C17H26IN5. The second-order valence-corrected chi connectivity index (χ2v) is 5.42. The van der Waals surface area contributed by atoms with Crippen LogP contribution < -0.4 is 11.1 Å². The van der Waals surface area contributed by atoms with Gasteiger partial charge in [0.1, 0.15) is 0 Å². The Morgan fingerprint density at radius 2 is 1.96 bits per heavy atom. The number of hydrogen-bond donors (Lipinski definition) is 2. The van der Waals surface area contributed by atoms with Crippen LogP contribution in [-0.2, 0) is 13.1 Å². The van der Waals surface area contributed by atoms with Gasteiger partial charge in [-0.1, -0.05) is 37.3 Å². The molecule has 0 atom stereocenters. The van der Waals surface area contributed by atoms with E-state index in [0.29, 0.717) is 12.5 Å². The second-order valence-electron chi connectivity index (χ2n) is 5.42. The Labute approximate surface area is 155 Å². The molecule has 1 aromatic heterocycles.